The minimum Gasteiger partial charge on any atom is -0.491 e. The van der Waals surface area contributed by atoms with Gasteiger partial charge in [0, 0.05) is 29.7 Å². The highest BCUT2D eigenvalue weighted by Gasteiger charge is 2.13. The van der Waals surface area contributed by atoms with Crippen LogP contribution in [0.3, 0.4) is 0 Å². The van der Waals surface area contributed by atoms with Gasteiger partial charge in [0.05, 0.1) is 20.2 Å². The average Bonchev–Trinajstić information content (AvgIpc) is 2.97. The first-order chi connectivity index (χ1) is 10.5. The van der Waals surface area contributed by atoms with Crippen molar-refractivity contribution in [1.82, 2.24) is 4.90 Å². The molecule has 2 rings (SSSR count). The van der Waals surface area contributed by atoms with Gasteiger partial charge in [-0.3, -0.25) is 4.79 Å². The number of methoxy groups -OCH3 is 1. The SMILES string of the molecule is COc1c(F)cc(NCC(=O)N(C)Cc2cccs2)cc1F. The Balaban J connectivity index is 1.93. The van der Waals surface area contributed by atoms with E-state index in [0.717, 1.165) is 17.0 Å². The van der Waals surface area contributed by atoms with Crippen LogP contribution >= 0.6 is 11.3 Å². The van der Waals surface area contributed by atoms with Gasteiger partial charge in [-0.05, 0) is 11.4 Å². The van der Waals surface area contributed by atoms with Gasteiger partial charge < -0.3 is 15.0 Å². The molecule has 0 saturated heterocycles. The lowest BCUT2D eigenvalue weighted by atomic mass is 10.2. The fraction of sp³-hybridized carbons (Fsp3) is 0.267. The molecule has 1 heterocycles. The lowest BCUT2D eigenvalue weighted by Gasteiger charge is -2.17. The van der Waals surface area contributed by atoms with Crippen molar-refractivity contribution in [3.63, 3.8) is 0 Å². The van der Waals surface area contributed by atoms with E-state index < -0.39 is 17.4 Å². The molecule has 0 aliphatic heterocycles. The Labute approximate surface area is 131 Å². The van der Waals surface area contributed by atoms with E-state index in [1.165, 1.54) is 7.11 Å². The van der Waals surface area contributed by atoms with E-state index in [2.05, 4.69) is 10.1 Å². The van der Waals surface area contributed by atoms with E-state index in [0.29, 0.717) is 6.54 Å². The Morgan fingerprint density at radius 1 is 1.36 bits per heavy atom. The number of nitrogens with one attached hydrogen (secondary N) is 1. The molecule has 22 heavy (non-hydrogen) atoms. The Morgan fingerprint density at radius 3 is 2.59 bits per heavy atom. The van der Waals surface area contributed by atoms with Gasteiger partial charge in [0.2, 0.25) is 5.91 Å². The molecule has 1 N–H and O–H groups in total. The number of benzene rings is 1. The van der Waals surface area contributed by atoms with Gasteiger partial charge in [0.15, 0.2) is 17.4 Å². The van der Waals surface area contributed by atoms with Crippen molar-refractivity contribution in [2.24, 2.45) is 0 Å². The summed E-state index contributed by atoms with van der Waals surface area (Å²) in [6, 6.07) is 6.04. The highest BCUT2D eigenvalue weighted by Crippen LogP contribution is 2.25. The van der Waals surface area contributed by atoms with Gasteiger partial charge in [-0.15, -0.1) is 11.3 Å². The molecule has 0 unspecified atom stereocenters. The van der Waals surface area contributed by atoms with Crippen LogP contribution in [0, 0.1) is 11.6 Å². The van der Waals surface area contributed by atoms with E-state index in [4.69, 9.17) is 0 Å². The average molecular weight is 326 g/mol. The Bertz CT molecular complexity index is 624. The summed E-state index contributed by atoms with van der Waals surface area (Å²) in [5, 5.41) is 4.65. The van der Waals surface area contributed by atoms with Gasteiger partial charge in [0.25, 0.3) is 0 Å². The minimum atomic E-state index is -0.815. The van der Waals surface area contributed by atoms with Crippen LogP contribution < -0.4 is 10.1 Å². The van der Waals surface area contributed by atoms with Gasteiger partial charge in [-0.1, -0.05) is 6.07 Å². The Kier molecular flexibility index (Phi) is 5.32. The summed E-state index contributed by atoms with van der Waals surface area (Å²) in [5.74, 6) is -2.24. The first-order valence-corrected chi connectivity index (χ1v) is 7.42. The predicted octanol–water partition coefficient (Wildman–Crippen LogP) is 3.11. The molecular formula is C15H16F2N2O2S. The zero-order valence-corrected chi connectivity index (χ0v) is 13.0. The van der Waals surface area contributed by atoms with Crippen LogP contribution in [0.2, 0.25) is 0 Å². The fourth-order valence-electron chi connectivity index (χ4n) is 1.89. The second-order valence-electron chi connectivity index (χ2n) is 4.66. The zero-order chi connectivity index (χ0) is 16.1. The number of likely N-dealkylation sites (N-methyl/N-ethyl adjacent to an activating group) is 1. The second-order valence-corrected chi connectivity index (χ2v) is 5.69. The van der Waals surface area contributed by atoms with E-state index in [1.54, 1.807) is 23.3 Å². The largest absolute Gasteiger partial charge is 0.491 e. The summed E-state index contributed by atoms with van der Waals surface area (Å²) in [5.41, 5.74) is 0.189. The number of anilines is 1. The molecule has 0 radical (unpaired) electrons. The first-order valence-electron chi connectivity index (χ1n) is 6.54. The molecule has 1 aromatic carbocycles. The molecule has 4 nitrogen and oxygen atoms in total. The number of ether oxygens (including phenoxy) is 1. The number of amides is 1. The number of rotatable bonds is 6. The summed E-state index contributed by atoms with van der Waals surface area (Å²) in [6.45, 7) is 0.455. The smallest absolute Gasteiger partial charge is 0.241 e. The van der Waals surface area contributed by atoms with Crippen molar-refractivity contribution < 1.29 is 18.3 Å². The van der Waals surface area contributed by atoms with Crippen LogP contribution in [0.25, 0.3) is 0 Å². The van der Waals surface area contributed by atoms with Crippen LogP contribution in [0.15, 0.2) is 29.6 Å². The standard InChI is InChI=1S/C15H16F2N2O2S/c1-19(9-11-4-3-5-22-11)14(20)8-18-10-6-12(16)15(21-2)13(17)7-10/h3-7,18H,8-9H2,1-2H3. The van der Waals surface area contributed by atoms with Gasteiger partial charge in [-0.2, -0.15) is 0 Å². The quantitative estimate of drug-likeness (QED) is 0.887. The van der Waals surface area contributed by atoms with Crippen molar-refractivity contribution in [2.45, 2.75) is 6.54 Å². The normalized spacial score (nSPS) is 10.4. The lowest BCUT2D eigenvalue weighted by molar-refractivity contribution is -0.128. The minimum absolute atomic E-state index is 0.0485. The van der Waals surface area contributed by atoms with Gasteiger partial charge in [0.1, 0.15) is 0 Å². The molecule has 0 atom stereocenters. The molecule has 7 heteroatoms. The summed E-state index contributed by atoms with van der Waals surface area (Å²) < 4.78 is 31.7. The molecule has 1 amide bonds. The van der Waals surface area contributed by atoms with Crippen molar-refractivity contribution in [2.75, 3.05) is 26.0 Å². The molecule has 1 aromatic heterocycles. The number of thiophene rings is 1. The molecular weight excluding hydrogens is 310 g/mol. The number of nitrogens with zero attached hydrogens (tertiary/aromatic N) is 1. The third-order valence-corrected chi connectivity index (χ3v) is 3.91. The first kappa shape index (κ1) is 16.2. The van der Waals surface area contributed by atoms with Crippen LogP contribution in [0.5, 0.6) is 5.75 Å². The maximum Gasteiger partial charge on any atom is 0.241 e. The lowest BCUT2D eigenvalue weighted by Crippen LogP contribution is -2.31. The third kappa shape index (κ3) is 3.94. The summed E-state index contributed by atoms with van der Waals surface area (Å²) >= 11 is 1.56. The highest BCUT2D eigenvalue weighted by atomic mass is 32.1. The van der Waals surface area contributed by atoms with Crippen LogP contribution in [-0.2, 0) is 11.3 Å². The topological polar surface area (TPSA) is 41.6 Å². The molecule has 0 bridgehead atoms. The van der Waals surface area contributed by atoms with E-state index in [1.807, 2.05) is 17.5 Å². The summed E-state index contributed by atoms with van der Waals surface area (Å²) in [6.07, 6.45) is 0. The molecule has 0 aliphatic carbocycles. The monoisotopic (exact) mass is 326 g/mol. The van der Waals surface area contributed by atoms with Crippen molar-refractivity contribution >= 4 is 22.9 Å². The number of hydrogen-bond donors (Lipinski definition) is 1. The van der Waals surface area contributed by atoms with E-state index in [-0.39, 0.29) is 18.1 Å². The molecule has 0 aliphatic rings. The Morgan fingerprint density at radius 2 is 2.05 bits per heavy atom. The number of halogens is 2. The van der Waals surface area contributed by atoms with Gasteiger partial charge in [-0.25, -0.2) is 8.78 Å². The maximum absolute atomic E-state index is 13.5. The molecule has 0 saturated carbocycles. The van der Waals surface area contributed by atoms with Crippen LogP contribution in [0.1, 0.15) is 4.88 Å². The second kappa shape index (κ2) is 7.22. The molecule has 0 spiro atoms. The Hall–Kier alpha value is -2.15. The molecule has 2 aromatic rings. The number of carbonyl (C=O) groups is 1. The summed E-state index contributed by atoms with van der Waals surface area (Å²) in [4.78, 5) is 14.6. The zero-order valence-electron chi connectivity index (χ0n) is 12.2. The van der Waals surface area contributed by atoms with Crippen molar-refractivity contribution in [1.29, 1.82) is 0 Å². The van der Waals surface area contributed by atoms with Crippen molar-refractivity contribution in [3.05, 3.63) is 46.2 Å². The molecule has 0 fully saturated rings. The summed E-state index contributed by atoms with van der Waals surface area (Å²) in [7, 11) is 2.87. The van der Waals surface area contributed by atoms with Crippen LogP contribution in [0.4, 0.5) is 14.5 Å². The molecule has 118 valence electrons. The van der Waals surface area contributed by atoms with Gasteiger partial charge >= 0.3 is 0 Å². The third-order valence-electron chi connectivity index (χ3n) is 3.05. The fourth-order valence-corrected chi connectivity index (χ4v) is 2.65. The highest BCUT2D eigenvalue weighted by molar-refractivity contribution is 7.09. The van der Waals surface area contributed by atoms with Crippen molar-refractivity contribution in [3.8, 4) is 5.75 Å². The maximum atomic E-state index is 13.5. The van der Waals surface area contributed by atoms with E-state index >= 15 is 0 Å². The van der Waals surface area contributed by atoms with E-state index in [9.17, 15) is 13.6 Å². The van der Waals surface area contributed by atoms with Crippen LogP contribution in [-0.4, -0.2) is 31.5 Å². The predicted molar refractivity (Wildman–Crippen MR) is 82.2 cm³/mol. The number of hydrogen-bond acceptors (Lipinski definition) is 4. The number of carbonyl (C=O) groups excluding carboxylic acids is 1.